The Hall–Kier alpha value is -0.290. The van der Waals surface area contributed by atoms with E-state index in [9.17, 15) is 13.2 Å². The monoisotopic (exact) mass is 154 g/mol. The van der Waals surface area contributed by atoms with Crippen molar-refractivity contribution in [3.8, 4) is 0 Å². The predicted octanol–water partition coefficient (Wildman–Crippen LogP) is 0.411. The van der Waals surface area contributed by atoms with Crippen LogP contribution < -0.4 is 5.32 Å². The molecule has 1 saturated heterocycles. The van der Waals surface area contributed by atoms with Crippen molar-refractivity contribution >= 4 is 0 Å². The number of nitrogens with zero attached hydrogens (tertiary/aromatic N) is 1. The van der Waals surface area contributed by atoms with E-state index in [1.807, 2.05) is 0 Å². The Morgan fingerprint density at radius 2 is 2.10 bits per heavy atom. The van der Waals surface area contributed by atoms with Gasteiger partial charge in [-0.1, -0.05) is 0 Å². The second kappa shape index (κ2) is 2.75. The molecule has 1 N–H and O–H groups in total. The molecule has 0 atom stereocenters. The molecular formula is C5H9F3N2. The zero-order valence-corrected chi connectivity index (χ0v) is 5.41. The van der Waals surface area contributed by atoms with Crippen LogP contribution in [-0.4, -0.2) is 37.4 Å². The van der Waals surface area contributed by atoms with Crippen LogP contribution in [0, 0.1) is 0 Å². The summed E-state index contributed by atoms with van der Waals surface area (Å²) >= 11 is 0. The molecule has 1 heterocycles. The molecule has 1 aliphatic rings. The van der Waals surface area contributed by atoms with Crippen LogP contribution in [0.15, 0.2) is 0 Å². The molecule has 0 amide bonds. The second-order valence-corrected chi connectivity index (χ2v) is 2.33. The molecule has 0 radical (unpaired) electrons. The molecule has 0 aromatic rings. The van der Waals surface area contributed by atoms with E-state index in [-0.39, 0.29) is 0 Å². The molecule has 1 aliphatic heterocycles. The number of alkyl halides is 3. The van der Waals surface area contributed by atoms with Crippen molar-refractivity contribution < 1.29 is 13.2 Å². The van der Waals surface area contributed by atoms with Gasteiger partial charge in [-0.2, -0.15) is 13.2 Å². The molecule has 1 rings (SSSR count). The SMILES string of the molecule is FC(F)(F)CN1CCNC1. The van der Waals surface area contributed by atoms with Crippen LogP contribution in [0.4, 0.5) is 13.2 Å². The van der Waals surface area contributed by atoms with E-state index in [0.717, 1.165) is 0 Å². The van der Waals surface area contributed by atoms with Gasteiger partial charge >= 0.3 is 6.18 Å². The summed E-state index contributed by atoms with van der Waals surface area (Å²) in [5.41, 5.74) is 0. The molecule has 2 nitrogen and oxygen atoms in total. The molecule has 0 aliphatic carbocycles. The van der Waals surface area contributed by atoms with Crippen LogP contribution in [0.5, 0.6) is 0 Å². The van der Waals surface area contributed by atoms with Crippen LogP contribution in [0.1, 0.15) is 0 Å². The van der Waals surface area contributed by atoms with Crippen LogP contribution in [0.3, 0.4) is 0 Å². The van der Waals surface area contributed by atoms with Gasteiger partial charge in [0, 0.05) is 19.8 Å². The number of hydrogen-bond acceptors (Lipinski definition) is 2. The summed E-state index contributed by atoms with van der Waals surface area (Å²) in [6.45, 7) is 0.731. The van der Waals surface area contributed by atoms with Crippen molar-refractivity contribution in [2.24, 2.45) is 0 Å². The fourth-order valence-electron chi connectivity index (χ4n) is 0.942. The van der Waals surface area contributed by atoms with Gasteiger partial charge in [-0.05, 0) is 0 Å². The maximum absolute atomic E-state index is 11.6. The molecule has 60 valence electrons. The fourth-order valence-corrected chi connectivity index (χ4v) is 0.942. The standard InChI is InChI=1S/C5H9F3N2/c6-5(7,8)3-10-2-1-9-4-10/h9H,1-4H2. The summed E-state index contributed by atoms with van der Waals surface area (Å²) < 4.78 is 34.9. The average Bonchev–Trinajstić information content (AvgIpc) is 2.12. The number of hydrogen-bond donors (Lipinski definition) is 1. The first kappa shape index (κ1) is 7.81. The normalized spacial score (nSPS) is 21.9. The lowest BCUT2D eigenvalue weighted by atomic mass is 10.5. The van der Waals surface area contributed by atoms with Crippen molar-refractivity contribution in [3.05, 3.63) is 0 Å². The van der Waals surface area contributed by atoms with E-state index < -0.39 is 12.7 Å². The van der Waals surface area contributed by atoms with E-state index in [4.69, 9.17) is 0 Å². The smallest absolute Gasteiger partial charge is 0.303 e. The van der Waals surface area contributed by atoms with Gasteiger partial charge in [0.2, 0.25) is 0 Å². The van der Waals surface area contributed by atoms with E-state index in [2.05, 4.69) is 5.32 Å². The Balaban J connectivity index is 2.24. The van der Waals surface area contributed by atoms with Gasteiger partial charge < -0.3 is 5.32 Å². The maximum Gasteiger partial charge on any atom is 0.401 e. The van der Waals surface area contributed by atoms with Gasteiger partial charge in [0.05, 0.1) is 6.54 Å². The van der Waals surface area contributed by atoms with Gasteiger partial charge in [-0.3, -0.25) is 4.90 Å². The Bertz CT molecular complexity index is 106. The van der Waals surface area contributed by atoms with Gasteiger partial charge in [-0.15, -0.1) is 0 Å². The van der Waals surface area contributed by atoms with Gasteiger partial charge in [0.15, 0.2) is 0 Å². The average molecular weight is 154 g/mol. The van der Waals surface area contributed by atoms with Gasteiger partial charge in [0.25, 0.3) is 0 Å². The van der Waals surface area contributed by atoms with Crippen molar-refractivity contribution in [2.75, 3.05) is 26.3 Å². The molecule has 5 heteroatoms. The number of halogens is 3. The quantitative estimate of drug-likeness (QED) is 0.588. The molecule has 0 aromatic heterocycles. The predicted molar refractivity (Wildman–Crippen MR) is 30.5 cm³/mol. The van der Waals surface area contributed by atoms with E-state index in [1.54, 1.807) is 0 Å². The zero-order valence-electron chi connectivity index (χ0n) is 5.41. The largest absolute Gasteiger partial charge is 0.401 e. The number of nitrogens with one attached hydrogen (secondary N) is 1. The first-order valence-electron chi connectivity index (χ1n) is 3.08. The van der Waals surface area contributed by atoms with E-state index >= 15 is 0 Å². The third-order valence-electron chi connectivity index (χ3n) is 1.34. The molecule has 10 heavy (non-hydrogen) atoms. The third kappa shape index (κ3) is 2.53. The third-order valence-corrected chi connectivity index (χ3v) is 1.34. The molecule has 1 fully saturated rings. The molecule has 0 saturated carbocycles. The summed E-state index contributed by atoms with van der Waals surface area (Å²) in [4.78, 5) is 1.33. The highest BCUT2D eigenvalue weighted by molar-refractivity contribution is 4.68. The fraction of sp³-hybridized carbons (Fsp3) is 1.00. The summed E-state index contributed by atoms with van der Waals surface area (Å²) in [7, 11) is 0. The first-order chi connectivity index (χ1) is 4.58. The Kier molecular flexibility index (Phi) is 2.15. The van der Waals surface area contributed by atoms with Crippen molar-refractivity contribution in [2.45, 2.75) is 6.18 Å². The summed E-state index contributed by atoms with van der Waals surface area (Å²) in [6, 6.07) is 0. The second-order valence-electron chi connectivity index (χ2n) is 2.33. The highest BCUT2D eigenvalue weighted by atomic mass is 19.4. The van der Waals surface area contributed by atoms with E-state index in [0.29, 0.717) is 19.8 Å². The minimum Gasteiger partial charge on any atom is -0.303 e. The van der Waals surface area contributed by atoms with Gasteiger partial charge in [0.1, 0.15) is 0 Å². The van der Waals surface area contributed by atoms with Crippen LogP contribution in [0.2, 0.25) is 0 Å². The lowest BCUT2D eigenvalue weighted by molar-refractivity contribution is -0.143. The Morgan fingerprint density at radius 3 is 2.50 bits per heavy atom. The lowest BCUT2D eigenvalue weighted by Crippen LogP contribution is -2.33. The Labute approximate surface area is 57.0 Å². The maximum atomic E-state index is 11.6. The van der Waals surface area contributed by atoms with Crippen LogP contribution >= 0.6 is 0 Å². The molecular weight excluding hydrogens is 145 g/mol. The molecule has 0 spiro atoms. The lowest BCUT2D eigenvalue weighted by Gasteiger charge is -2.15. The van der Waals surface area contributed by atoms with E-state index in [1.165, 1.54) is 4.90 Å². The number of rotatable bonds is 1. The van der Waals surface area contributed by atoms with Crippen LogP contribution in [-0.2, 0) is 0 Å². The highest BCUT2D eigenvalue weighted by Gasteiger charge is 2.31. The Morgan fingerprint density at radius 1 is 1.40 bits per heavy atom. The summed E-state index contributed by atoms with van der Waals surface area (Å²) in [5, 5.41) is 2.82. The van der Waals surface area contributed by atoms with Crippen molar-refractivity contribution in [1.29, 1.82) is 0 Å². The summed E-state index contributed by atoms with van der Waals surface area (Å²) in [6.07, 6.45) is -4.05. The topological polar surface area (TPSA) is 15.3 Å². The molecule has 0 bridgehead atoms. The minimum absolute atomic E-state index is 0.361. The van der Waals surface area contributed by atoms with Gasteiger partial charge in [-0.25, -0.2) is 0 Å². The minimum atomic E-state index is -4.05. The first-order valence-corrected chi connectivity index (χ1v) is 3.08. The molecule has 0 unspecified atom stereocenters. The summed E-state index contributed by atoms with van der Waals surface area (Å²) in [5.74, 6) is 0. The highest BCUT2D eigenvalue weighted by Crippen LogP contribution is 2.16. The zero-order chi connectivity index (χ0) is 7.61. The molecule has 0 aromatic carbocycles. The van der Waals surface area contributed by atoms with Crippen molar-refractivity contribution in [1.82, 2.24) is 10.2 Å². The van der Waals surface area contributed by atoms with Crippen molar-refractivity contribution in [3.63, 3.8) is 0 Å². The van der Waals surface area contributed by atoms with Crippen LogP contribution in [0.25, 0.3) is 0 Å².